The topological polar surface area (TPSA) is 59.4 Å². The summed E-state index contributed by atoms with van der Waals surface area (Å²) in [5.41, 5.74) is 1.92. The summed E-state index contributed by atoms with van der Waals surface area (Å²) in [6, 6.07) is 10.3. The third-order valence-corrected chi connectivity index (χ3v) is 5.93. The van der Waals surface area contributed by atoms with Crippen molar-refractivity contribution < 1.29 is 4.79 Å². The molecule has 2 unspecified atom stereocenters. The maximum absolute atomic E-state index is 12.6. The van der Waals surface area contributed by atoms with Crippen LogP contribution in [0.15, 0.2) is 24.3 Å². The quantitative estimate of drug-likeness (QED) is 0.751. The molecule has 8 heteroatoms. The summed E-state index contributed by atoms with van der Waals surface area (Å²) in [6.45, 7) is 5.83. The van der Waals surface area contributed by atoms with Crippen molar-refractivity contribution in [1.82, 2.24) is 15.1 Å². The number of nitrogens with zero attached hydrogens (tertiary/aromatic N) is 3. The minimum Gasteiger partial charge on any atom is -0.331 e. The van der Waals surface area contributed by atoms with Gasteiger partial charge < -0.3 is 10.2 Å². The minimum absolute atomic E-state index is 0. The Morgan fingerprint density at radius 2 is 2.11 bits per heavy atom. The van der Waals surface area contributed by atoms with Crippen LogP contribution in [0.3, 0.4) is 0 Å². The normalized spacial score (nSPS) is 21.4. The Balaban J connectivity index is 0.00000182. The van der Waals surface area contributed by atoms with E-state index in [0.717, 1.165) is 50.7 Å². The summed E-state index contributed by atoms with van der Waals surface area (Å²) < 4.78 is 0. The third kappa shape index (κ3) is 6.27. The molecule has 2 heterocycles. The molecule has 0 bridgehead atoms. The largest absolute Gasteiger partial charge is 0.331 e. The average Bonchev–Trinajstić information content (AvgIpc) is 3.33. The Morgan fingerprint density at radius 3 is 2.70 bits per heavy atom. The molecule has 5 nitrogen and oxygen atoms in total. The predicted molar refractivity (Wildman–Crippen MR) is 116 cm³/mol. The van der Waals surface area contributed by atoms with E-state index in [2.05, 4.69) is 23.2 Å². The number of benzene rings is 1. The third-order valence-electron chi connectivity index (χ3n) is 4.97. The highest BCUT2D eigenvalue weighted by molar-refractivity contribution is 7.99. The maximum Gasteiger partial charge on any atom is 0.240 e. The molecule has 1 aromatic rings. The first-order valence-electron chi connectivity index (χ1n) is 9.04. The first-order chi connectivity index (χ1) is 12.2. The van der Waals surface area contributed by atoms with Gasteiger partial charge >= 0.3 is 0 Å². The molecule has 0 aliphatic carbocycles. The van der Waals surface area contributed by atoms with Crippen molar-refractivity contribution in [2.75, 3.05) is 31.3 Å². The number of amides is 1. The van der Waals surface area contributed by atoms with Crippen molar-refractivity contribution in [3.05, 3.63) is 35.4 Å². The Kier molecular flexibility index (Phi) is 10.5. The van der Waals surface area contributed by atoms with Crippen LogP contribution in [0.25, 0.3) is 0 Å². The Hall–Kier alpha value is -0.970. The Morgan fingerprint density at radius 1 is 1.37 bits per heavy atom. The van der Waals surface area contributed by atoms with Crippen molar-refractivity contribution in [2.45, 2.75) is 38.4 Å². The molecule has 1 amide bonds. The SMILES string of the molecule is CCCN(Cc1ccc(C#N)cc1)C1CNC(C(=O)N2CCSC2)C1.Cl.Cl. The van der Waals surface area contributed by atoms with Gasteiger partial charge in [-0.15, -0.1) is 36.6 Å². The molecule has 2 fully saturated rings. The van der Waals surface area contributed by atoms with Gasteiger partial charge in [0.05, 0.1) is 23.6 Å². The summed E-state index contributed by atoms with van der Waals surface area (Å²) in [6.07, 6.45) is 1.98. The predicted octanol–water partition coefficient (Wildman–Crippen LogP) is 2.88. The van der Waals surface area contributed by atoms with Gasteiger partial charge in [-0.05, 0) is 37.1 Å². The molecule has 150 valence electrons. The van der Waals surface area contributed by atoms with Crippen molar-refractivity contribution >= 4 is 42.5 Å². The zero-order valence-electron chi connectivity index (χ0n) is 15.6. The summed E-state index contributed by atoms with van der Waals surface area (Å²) in [4.78, 5) is 17.1. The summed E-state index contributed by atoms with van der Waals surface area (Å²) in [5.74, 6) is 2.16. The van der Waals surface area contributed by atoms with Crippen LogP contribution in [0, 0.1) is 11.3 Å². The van der Waals surface area contributed by atoms with Crippen LogP contribution >= 0.6 is 36.6 Å². The molecule has 1 aromatic carbocycles. The van der Waals surface area contributed by atoms with Crippen LogP contribution in [0.2, 0.25) is 0 Å². The van der Waals surface area contributed by atoms with Gasteiger partial charge in [-0.1, -0.05) is 19.1 Å². The molecule has 0 saturated carbocycles. The molecular weight excluding hydrogens is 403 g/mol. The van der Waals surface area contributed by atoms with Crippen LogP contribution in [-0.4, -0.2) is 59.1 Å². The number of halogens is 2. The van der Waals surface area contributed by atoms with E-state index in [1.54, 1.807) is 0 Å². The zero-order valence-corrected chi connectivity index (χ0v) is 18.0. The van der Waals surface area contributed by atoms with Gasteiger partial charge in [0.15, 0.2) is 0 Å². The highest BCUT2D eigenvalue weighted by Crippen LogP contribution is 2.21. The average molecular weight is 431 g/mol. The van der Waals surface area contributed by atoms with Crippen molar-refractivity contribution in [2.24, 2.45) is 0 Å². The number of thioether (sulfide) groups is 1. The van der Waals surface area contributed by atoms with Crippen molar-refractivity contribution in [3.63, 3.8) is 0 Å². The molecule has 2 aliphatic rings. The number of hydrogen-bond donors (Lipinski definition) is 1. The van der Waals surface area contributed by atoms with Gasteiger partial charge in [-0.2, -0.15) is 5.26 Å². The van der Waals surface area contributed by atoms with E-state index in [0.29, 0.717) is 11.6 Å². The van der Waals surface area contributed by atoms with Gasteiger partial charge in [0, 0.05) is 31.4 Å². The molecule has 2 aliphatic heterocycles. The first kappa shape index (κ1) is 24.1. The van der Waals surface area contributed by atoms with Crippen LogP contribution in [0.4, 0.5) is 0 Å². The summed E-state index contributed by atoms with van der Waals surface area (Å²) >= 11 is 1.83. The molecule has 2 atom stereocenters. The fraction of sp³-hybridized carbons (Fsp3) is 0.579. The van der Waals surface area contributed by atoms with Crippen LogP contribution in [-0.2, 0) is 11.3 Å². The molecule has 0 radical (unpaired) electrons. The lowest BCUT2D eigenvalue weighted by Crippen LogP contribution is -2.42. The second-order valence-electron chi connectivity index (χ2n) is 6.77. The van der Waals surface area contributed by atoms with Crippen molar-refractivity contribution in [1.29, 1.82) is 5.26 Å². The second-order valence-corrected chi connectivity index (χ2v) is 7.84. The standard InChI is InChI=1S/C19H26N4OS.2ClH/c1-2-7-22(13-16-5-3-15(11-20)4-6-16)17-10-18(21-12-17)19(24)23-8-9-25-14-23;;/h3-6,17-18,21H,2,7-10,12-14H2,1H3;2*1H. The highest BCUT2D eigenvalue weighted by Gasteiger charge is 2.35. The monoisotopic (exact) mass is 430 g/mol. The fourth-order valence-electron chi connectivity index (χ4n) is 3.59. The van der Waals surface area contributed by atoms with E-state index in [-0.39, 0.29) is 36.8 Å². The van der Waals surface area contributed by atoms with Gasteiger partial charge in [0.1, 0.15) is 0 Å². The minimum atomic E-state index is -0.0379. The molecule has 2 saturated heterocycles. The van der Waals surface area contributed by atoms with Crippen molar-refractivity contribution in [3.8, 4) is 6.07 Å². The van der Waals surface area contributed by atoms with Gasteiger partial charge in [-0.3, -0.25) is 9.69 Å². The van der Waals surface area contributed by atoms with Crippen LogP contribution in [0.1, 0.15) is 30.9 Å². The molecule has 27 heavy (non-hydrogen) atoms. The lowest BCUT2D eigenvalue weighted by atomic mass is 10.1. The van der Waals surface area contributed by atoms with Crippen LogP contribution in [0.5, 0.6) is 0 Å². The number of carbonyl (C=O) groups excluding carboxylic acids is 1. The molecular formula is C19H28Cl2N4OS. The number of carbonyl (C=O) groups is 1. The Labute approximate surface area is 178 Å². The van der Waals surface area contributed by atoms with E-state index in [4.69, 9.17) is 5.26 Å². The lowest BCUT2D eigenvalue weighted by Gasteiger charge is -2.28. The number of nitrogens with one attached hydrogen (secondary N) is 1. The van der Waals surface area contributed by atoms with Gasteiger partial charge in [0.25, 0.3) is 0 Å². The second kappa shape index (κ2) is 11.8. The summed E-state index contributed by atoms with van der Waals surface area (Å²) in [7, 11) is 0. The first-order valence-corrected chi connectivity index (χ1v) is 10.2. The lowest BCUT2D eigenvalue weighted by molar-refractivity contribution is -0.131. The molecule has 0 aromatic heterocycles. The van der Waals surface area contributed by atoms with E-state index >= 15 is 0 Å². The van der Waals surface area contributed by atoms with Gasteiger partial charge in [-0.25, -0.2) is 0 Å². The van der Waals surface area contributed by atoms with E-state index in [9.17, 15) is 4.79 Å². The molecule has 3 rings (SSSR count). The summed E-state index contributed by atoms with van der Waals surface area (Å²) in [5, 5.41) is 12.4. The number of rotatable bonds is 6. The van der Waals surface area contributed by atoms with Crippen LogP contribution < -0.4 is 5.32 Å². The van der Waals surface area contributed by atoms with Gasteiger partial charge in [0.2, 0.25) is 5.91 Å². The maximum atomic E-state index is 12.6. The number of hydrogen-bond acceptors (Lipinski definition) is 5. The molecule has 0 spiro atoms. The number of nitriles is 1. The zero-order chi connectivity index (χ0) is 17.6. The smallest absolute Gasteiger partial charge is 0.240 e. The fourth-order valence-corrected chi connectivity index (χ4v) is 4.54. The Bertz CT molecular complexity index is 632. The van der Waals surface area contributed by atoms with E-state index < -0.39 is 0 Å². The molecule has 1 N–H and O–H groups in total. The highest BCUT2D eigenvalue weighted by atomic mass is 35.5. The van der Waals surface area contributed by atoms with E-state index in [1.165, 1.54) is 5.56 Å². The van der Waals surface area contributed by atoms with E-state index in [1.807, 2.05) is 40.9 Å².